The number of benzene rings is 1. The molecule has 1 aromatic carbocycles. The molecule has 0 unspecified atom stereocenters. The van der Waals surface area contributed by atoms with Crippen molar-refractivity contribution in [3.8, 4) is 16.3 Å². The van der Waals surface area contributed by atoms with Crippen LogP contribution in [0, 0.1) is 13.8 Å². The van der Waals surface area contributed by atoms with Gasteiger partial charge in [-0.25, -0.2) is 0 Å². The second-order valence-electron chi connectivity index (χ2n) is 3.84. The van der Waals surface area contributed by atoms with Crippen molar-refractivity contribution in [3.05, 3.63) is 28.3 Å². The first-order valence-corrected chi connectivity index (χ1v) is 6.15. The van der Waals surface area contributed by atoms with Crippen molar-refractivity contribution in [2.75, 3.05) is 7.11 Å². The molecule has 90 valence electrons. The second kappa shape index (κ2) is 4.81. The van der Waals surface area contributed by atoms with Crippen LogP contribution in [0.3, 0.4) is 0 Å². The van der Waals surface area contributed by atoms with Crippen molar-refractivity contribution < 1.29 is 4.74 Å². The SMILES string of the molecule is COc1cc(C)c(-c2nnc(CN)s2)c(C)c1. The molecule has 2 N–H and O–H groups in total. The molecule has 2 rings (SSSR count). The molecule has 4 nitrogen and oxygen atoms in total. The highest BCUT2D eigenvalue weighted by molar-refractivity contribution is 7.14. The van der Waals surface area contributed by atoms with E-state index in [4.69, 9.17) is 10.5 Å². The highest BCUT2D eigenvalue weighted by Gasteiger charge is 2.12. The molecule has 0 aliphatic rings. The Morgan fingerprint density at radius 1 is 1.24 bits per heavy atom. The van der Waals surface area contributed by atoms with Gasteiger partial charge in [0.15, 0.2) is 0 Å². The zero-order chi connectivity index (χ0) is 12.4. The van der Waals surface area contributed by atoms with Crippen molar-refractivity contribution in [2.45, 2.75) is 20.4 Å². The number of ether oxygens (including phenoxy) is 1. The van der Waals surface area contributed by atoms with Crippen LogP contribution in [0.5, 0.6) is 5.75 Å². The first kappa shape index (κ1) is 12.0. The predicted molar refractivity (Wildman–Crippen MR) is 69.3 cm³/mol. The lowest BCUT2D eigenvalue weighted by Gasteiger charge is -2.09. The lowest BCUT2D eigenvalue weighted by Crippen LogP contribution is -1.94. The third kappa shape index (κ3) is 2.30. The summed E-state index contributed by atoms with van der Waals surface area (Å²) in [4.78, 5) is 0. The standard InChI is InChI=1S/C12H15N3OS/c1-7-4-9(16-3)5-8(2)11(7)12-15-14-10(6-13)17-12/h4-5H,6,13H2,1-3H3. The summed E-state index contributed by atoms with van der Waals surface area (Å²) < 4.78 is 5.24. The van der Waals surface area contributed by atoms with E-state index < -0.39 is 0 Å². The van der Waals surface area contributed by atoms with Crippen molar-refractivity contribution in [1.82, 2.24) is 10.2 Å². The van der Waals surface area contributed by atoms with E-state index in [-0.39, 0.29) is 0 Å². The van der Waals surface area contributed by atoms with Crippen molar-refractivity contribution in [3.63, 3.8) is 0 Å². The summed E-state index contributed by atoms with van der Waals surface area (Å²) in [5.74, 6) is 0.868. The van der Waals surface area contributed by atoms with E-state index in [1.807, 2.05) is 26.0 Å². The van der Waals surface area contributed by atoms with Gasteiger partial charge in [-0.3, -0.25) is 0 Å². The van der Waals surface area contributed by atoms with Gasteiger partial charge in [-0.15, -0.1) is 10.2 Å². The molecule has 2 aromatic rings. The summed E-state index contributed by atoms with van der Waals surface area (Å²) >= 11 is 1.54. The Labute approximate surface area is 104 Å². The number of aryl methyl sites for hydroxylation is 2. The fourth-order valence-electron chi connectivity index (χ4n) is 1.82. The molecule has 1 aromatic heterocycles. The molecule has 0 spiro atoms. The van der Waals surface area contributed by atoms with Gasteiger partial charge in [-0.1, -0.05) is 11.3 Å². The maximum Gasteiger partial charge on any atom is 0.148 e. The quantitative estimate of drug-likeness (QED) is 0.906. The Hall–Kier alpha value is -1.46. The van der Waals surface area contributed by atoms with Crippen LogP contribution in [0.15, 0.2) is 12.1 Å². The number of rotatable bonds is 3. The summed E-state index contributed by atoms with van der Waals surface area (Å²) in [5, 5.41) is 10.0. The highest BCUT2D eigenvalue weighted by atomic mass is 32.1. The van der Waals surface area contributed by atoms with Crippen molar-refractivity contribution in [1.29, 1.82) is 0 Å². The lowest BCUT2D eigenvalue weighted by atomic mass is 10.0. The van der Waals surface area contributed by atoms with E-state index >= 15 is 0 Å². The van der Waals surface area contributed by atoms with Gasteiger partial charge in [0.25, 0.3) is 0 Å². The molecule has 0 saturated carbocycles. The lowest BCUT2D eigenvalue weighted by molar-refractivity contribution is 0.414. The minimum absolute atomic E-state index is 0.436. The van der Waals surface area contributed by atoms with Crippen molar-refractivity contribution in [2.24, 2.45) is 5.73 Å². The topological polar surface area (TPSA) is 61.0 Å². The maximum absolute atomic E-state index is 5.55. The molecule has 0 radical (unpaired) electrons. The maximum atomic E-state index is 5.55. The van der Waals surface area contributed by atoms with Crippen LogP contribution in [0.2, 0.25) is 0 Å². The average molecular weight is 249 g/mol. The van der Waals surface area contributed by atoms with E-state index in [2.05, 4.69) is 10.2 Å². The molecule has 0 bridgehead atoms. The number of hydrogen-bond acceptors (Lipinski definition) is 5. The van der Waals surface area contributed by atoms with Crippen LogP contribution in [0.4, 0.5) is 0 Å². The van der Waals surface area contributed by atoms with Crippen LogP contribution in [0.1, 0.15) is 16.1 Å². The molecule has 0 amide bonds. The Balaban J connectivity index is 2.51. The predicted octanol–water partition coefficient (Wildman–Crippen LogP) is 2.29. The number of nitrogens with zero attached hydrogens (tertiary/aromatic N) is 2. The Morgan fingerprint density at radius 3 is 2.35 bits per heavy atom. The fraction of sp³-hybridized carbons (Fsp3) is 0.333. The van der Waals surface area contributed by atoms with Gasteiger partial charge in [0.05, 0.1) is 7.11 Å². The van der Waals surface area contributed by atoms with E-state index in [0.717, 1.165) is 32.5 Å². The average Bonchev–Trinajstić information content (AvgIpc) is 2.76. The van der Waals surface area contributed by atoms with E-state index in [1.54, 1.807) is 7.11 Å². The fourth-order valence-corrected chi connectivity index (χ4v) is 2.71. The molecule has 0 fully saturated rings. The van der Waals surface area contributed by atoms with Crippen LogP contribution < -0.4 is 10.5 Å². The summed E-state index contributed by atoms with van der Waals surface area (Å²) in [7, 11) is 1.67. The number of methoxy groups -OCH3 is 1. The van der Waals surface area contributed by atoms with Crippen molar-refractivity contribution >= 4 is 11.3 Å². The first-order valence-electron chi connectivity index (χ1n) is 5.33. The molecular formula is C12H15N3OS. The Kier molecular flexibility index (Phi) is 3.40. The summed E-state index contributed by atoms with van der Waals surface area (Å²) in [6.45, 7) is 4.54. The monoisotopic (exact) mass is 249 g/mol. The van der Waals surface area contributed by atoms with Crippen LogP contribution in [0.25, 0.3) is 10.6 Å². The largest absolute Gasteiger partial charge is 0.497 e. The summed E-state index contributed by atoms with van der Waals surface area (Å²) in [5.41, 5.74) is 8.96. The van der Waals surface area contributed by atoms with Gasteiger partial charge in [-0.2, -0.15) is 0 Å². The molecule has 0 atom stereocenters. The minimum Gasteiger partial charge on any atom is -0.497 e. The van der Waals surface area contributed by atoms with Gasteiger partial charge >= 0.3 is 0 Å². The molecule has 0 saturated heterocycles. The third-order valence-corrected chi connectivity index (χ3v) is 3.56. The molecule has 0 aliphatic carbocycles. The number of aromatic nitrogens is 2. The van der Waals surface area contributed by atoms with Crippen LogP contribution >= 0.6 is 11.3 Å². The van der Waals surface area contributed by atoms with Gasteiger partial charge < -0.3 is 10.5 Å². The zero-order valence-corrected chi connectivity index (χ0v) is 11.0. The molecule has 5 heteroatoms. The van der Waals surface area contributed by atoms with E-state index in [0.29, 0.717) is 6.54 Å². The van der Waals surface area contributed by atoms with E-state index in [9.17, 15) is 0 Å². The number of nitrogens with two attached hydrogens (primary N) is 1. The summed E-state index contributed by atoms with van der Waals surface area (Å²) in [6, 6.07) is 4.01. The van der Waals surface area contributed by atoms with Gasteiger partial charge in [-0.05, 0) is 37.1 Å². The van der Waals surface area contributed by atoms with Crippen LogP contribution in [-0.2, 0) is 6.54 Å². The third-order valence-electron chi connectivity index (χ3n) is 2.60. The molecule has 1 heterocycles. The minimum atomic E-state index is 0.436. The first-order chi connectivity index (χ1) is 8.15. The molecule has 17 heavy (non-hydrogen) atoms. The van der Waals surface area contributed by atoms with Crippen LogP contribution in [-0.4, -0.2) is 17.3 Å². The highest BCUT2D eigenvalue weighted by Crippen LogP contribution is 2.32. The zero-order valence-electron chi connectivity index (χ0n) is 10.2. The Morgan fingerprint density at radius 2 is 1.88 bits per heavy atom. The molecule has 0 aliphatic heterocycles. The molecular weight excluding hydrogens is 234 g/mol. The van der Waals surface area contributed by atoms with Gasteiger partial charge in [0.1, 0.15) is 15.8 Å². The van der Waals surface area contributed by atoms with E-state index in [1.165, 1.54) is 11.3 Å². The second-order valence-corrected chi connectivity index (χ2v) is 4.90. The smallest absolute Gasteiger partial charge is 0.148 e. The normalized spacial score (nSPS) is 10.6. The van der Waals surface area contributed by atoms with Gasteiger partial charge in [0.2, 0.25) is 0 Å². The summed E-state index contributed by atoms with van der Waals surface area (Å²) in [6.07, 6.45) is 0. The van der Waals surface area contributed by atoms with Gasteiger partial charge in [0, 0.05) is 12.1 Å². The Bertz CT molecular complexity index is 513. The number of hydrogen-bond donors (Lipinski definition) is 1.